The lowest BCUT2D eigenvalue weighted by atomic mass is 10.0. The summed E-state index contributed by atoms with van der Waals surface area (Å²) in [4.78, 5) is 22.6. The lowest BCUT2D eigenvalue weighted by Gasteiger charge is -2.29. The Morgan fingerprint density at radius 3 is 2.34 bits per heavy atom. The van der Waals surface area contributed by atoms with E-state index < -0.39 is 47.1 Å². The number of aliphatic carboxylic acids is 1. The molecular formula is C22H31N2O6PS. The van der Waals surface area contributed by atoms with Crippen molar-refractivity contribution in [1.82, 2.24) is 4.72 Å². The minimum absolute atomic E-state index is 0.206. The van der Waals surface area contributed by atoms with E-state index in [1.807, 2.05) is 30.3 Å². The van der Waals surface area contributed by atoms with Gasteiger partial charge in [0.1, 0.15) is 5.78 Å². The second kappa shape index (κ2) is 11.1. The van der Waals surface area contributed by atoms with Crippen molar-refractivity contribution in [1.29, 1.82) is 0 Å². The highest BCUT2D eigenvalue weighted by Gasteiger charge is 2.40. The molecule has 0 aromatic heterocycles. The van der Waals surface area contributed by atoms with Crippen LogP contribution in [0, 0.1) is 5.92 Å². The van der Waals surface area contributed by atoms with Crippen LogP contribution in [0.2, 0.25) is 0 Å². The van der Waals surface area contributed by atoms with Gasteiger partial charge >= 0.3 is 5.97 Å². The van der Waals surface area contributed by atoms with Crippen molar-refractivity contribution in [3.05, 3.63) is 65.7 Å². The van der Waals surface area contributed by atoms with Gasteiger partial charge in [0.15, 0.2) is 0 Å². The molecule has 8 nitrogen and oxygen atoms in total. The summed E-state index contributed by atoms with van der Waals surface area (Å²) < 4.78 is 40.9. The summed E-state index contributed by atoms with van der Waals surface area (Å²) >= 11 is 0. The van der Waals surface area contributed by atoms with Gasteiger partial charge in [-0.15, -0.1) is 0 Å². The van der Waals surface area contributed by atoms with Gasteiger partial charge in [0, 0.05) is 11.8 Å². The Morgan fingerprint density at radius 2 is 1.78 bits per heavy atom. The van der Waals surface area contributed by atoms with Crippen molar-refractivity contribution in [2.24, 2.45) is 5.92 Å². The molecule has 5 N–H and O–H groups in total. The number of nitrogens with two attached hydrogens (primary N) is 1. The Hall–Kier alpha value is -2.19. The van der Waals surface area contributed by atoms with E-state index in [2.05, 4.69) is 4.72 Å². The summed E-state index contributed by atoms with van der Waals surface area (Å²) in [5.41, 5.74) is 7.35. The maximum absolute atomic E-state index is 13.2. The second-order valence-corrected chi connectivity index (χ2v) is 12.5. The smallest absolute Gasteiger partial charge is 0.311 e. The van der Waals surface area contributed by atoms with Crippen LogP contribution in [0.1, 0.15) is 37.3 Å². The van der Waals surface area contributed by atoms with Crippen molar-refractivity contribution in [2.75, 3.05) is 17.6 Å². The molecule has 0 aliphatic rings. The number of hydrogen-bond acceptors (Lipinski definition) is 5. The second-order valence-electron chi connectivity index (χ2n) is 8.21. The molecule has 2 rings (SSSR count). The number of nitrogen functional groups attached to an aromatic ring is 1. The molecule has 10 heteroatoms. The number of carboxylic acid groups (broad SMARTS) is 1. The van der Waals surface area contributed by atoms with Crippen LogP contribution in [0.25, 0.3) is 0 Å². The molecule has 2 aromatic rings. The van der Waals surface area contributed by atoms with Gasteiger partial charge in [-0.25, -0.2) is 13.1 Å². The van der Waals surface area contributed by atoms with Gasteiger partial charge in [-0.3, -0.25) is 9.36 Å². The number of benzene rings is 2. The van der Waals surface area contributed by atoms with Crippen LogP contribution in [0.3, 0.4) is 0 Å². The Kier molecular flexibility index (Phi) is 9.04. The predicted octanol–water partition coefficient (Wildman–Crippen LogP) is 3.24. The summed E-state index contributed by atoms with van der Waals surface area (Å²) in [7, 11) is -8.10. The number of sulfonamides is 1. The van der Waals surface area contributed by atoms with Gasteiger partial charge in [-0.1, -0.05) is 56.3 Å². The van der Waals surface area contributed by atoms with Crippen LogP contribution in [0.5, 0.6) is 0 Å². The van der Waals surface area contributed by atoms with Gasteiger partial charge < -0.3 is 15.7 Å². The zero-order valence-corrected chi connectivity index (χ0v) is 19.9. The third-order valence-corrected chi connectivity index (χ3v) is 9.24. The zero-order valence-electron chi connectivity index (χ0n) is 18.2. The molecule has 2 aromatic carbocycles. The molecule has 3 unspecified atom stereocenters. The van der Waals surface area contributed by atoms with E-state index in [4.69, 9.17) is 5.73 Å². The van der Waals surface area contributed by atoms with E-state index in [-0.39, 0.29) is 5.75 Å². The summed E-state index contributed by atoms with van der Waals surface area (Å²) in [5.74, 6) is -4.60. The van der Waals surface area contributed by atoms with Gasteiger partial charge in [-0.05, 0) is 42.0 Å². The van der Waals surface area contributed by atoms with Gasteiger partial charge in [0.2, 0.25) is 17.4 Å². The highest BCUT2D eigenvalue weighted by Crippen LogP contribution is 2.51. The Bertz CT molecular complexity index is 1060. The van der Waals surface area contributed by atoms with E-state index in [9.17, 15) is 27.8 Å². The first kappa shape index (κ1) is 26.1. The number of carboxylic acids is 1. The first-order valence-corrected chi connectivity index (χ1v) is 13.9. The Morgan fingerprint density at radius 1 is 1.12 bits per heavy atom. The molecule has 0 saturated heterocycles. The SMILES string of the molecule is CC(C)C(NS(=O)(=O)CCCc1ccccc1)P(=O)(O)CC(C(=O)O)c1cccc(N)c1. The van der Waals surface area contributed by atoms with Crippen molar-refractivity contribution < 1.29 is 27.8 Å². The molecule has 176 valence electrons. The highest BCUT2D eigenvalue weighted by atomic mass is 32.2. The minimum Gasteiger partial charge on any atom is -0.481 e. The fourth-order valence-electron chi connectivity index (χ4n) is 3.52. The van der Waals surface area contributed by atoms with Crippen LogP contribution in [0.15, 0.2) is 54.6 Å². The summed E-state index contributed by atoms with van der Waals surface area (Å²) in [6.07, 6.45) is 0.295. The fraction of sp³-hybridized carbons (Fsp3) is 0.409. The standard InChI is InChI=1S/C22H31N2O6PS/c1-16(2)21(24-32(29,30)13-7-10-17-8-4-3-5-9-17)31(27,28)15-20(22(25)26)18-11-6-12-19(23)14-18/h3-6,8-9,11-12,14,16,20-21,24H,7,10,13,15,23H2,1-2H3,(H,25,26)(H,27,28). The van der Waals surface area contributed by atoms with Crippen LogP contribution in [-0.2, 0) is 25.8 Å². The van der Waals surface area contributed by atoms with E-state index in [1.54, 1.807) is 26.0 Å². The molecule has 0 saturated carbocycles. The molecular weight excluding hydrogens is 451 g/mol. The third kappa shape index (κ3) is 7.74. The number of carbonyl (C=O) groups is 1. The normalized spacial score (nSPS) is 15.8. The molecule has 0 aliphatic carbocycles. The molecule has 0 spiro atoms. The first-order valence-electron chi connectivity index (χ1n) is 10.3. The summed E-state index contributed by atoms with van der Waals surface area (Å²) in [6, 6.07) is 15.5. The van der Waals surface area contributed by atoms with Gasteiger partial charge in [-0.2, -0.15) is 0 Å². The van der Waals surface area contributed by atoms with Crippen molar-refractivity contribution in [3.63, 3.8) is 0 Å². The van der Waals surface area contributed by atoms with E-state index >= 15 is 0 Å². The zero-order chi connectivity index (χ0) is 23.9. The summed E-state index contributed by atoms with van der Waals surface area (Å²) in [6.45, 7) is 3.24. The Balaban J connectivity index is 2.14. The molecule has 0 bridgehead atoms. The maximum Gasteiger partial charge on any atom is 0.311 e. The molecule has 0 heterocycles. The van der Waals surface area contributed by atoms with E-state index in [0.717, 1.165) is 5.56 Å². The van der Waals surface area contributed by atoms with Crippen molar-refractivity contribution in [2.45, 2.75) is 38.4 Å². The number of anilines is 1. The number of rotatable bonds is 12. The molecule has 0 aliphatic heterocycles. The average Bonchev–Trinajstić information content (AvgIpc) is 2.70. The topological polar surface area (TPSA) is 147 Å². The monoisotopic (exact) mass is 482 g/mol. The molecule has 0 fully saturated rings. The fourth-order valence-corrected chi connectivity index (χ4v) is 7.99. The van der Waals surface area contributed by atoms with E-state index in [0.29, 0.717) is 24.1 Å². The predicted molar refractivity (Wildman–Crippen MR) is 126 cm³/mol. The van der Waals surface area contributed by atoms with Crippen LogP contribution in [-0.4, -0.2) is 42.1 Å². The average molecular weight is 483 g/mol. The minimum atomic E-state index is -4.25. The third-order valence-electron chi connectivity index (χ3n) is 5.14. The molecule has 3 atom stereocenters. The van der Waals surface area contributed by atoms with Gasteiger partial charge in [0.05, 0.1) is 11.7 Å². The molecule has 32 heavy (non-hydrogen) atoms. The number of aryl methyl sites for hydroxylation is 1. The lowest BCUT2D eigenvalue weighted by molar-refractivity contribution is -0.138. The number of hydrogen-bond donors (Lipinski definition) is 4. The van der Waals surface area contributed by atoms with Crippen molar-refractivity contribution in [3.8, 4) is 0 Å². The molecule has 0 amide bonds. The van der Waals surface area contributed by atoms with Crippen LogP contribution in [0.4, 0.5) is 5.69 Å². The van der Waals surface area contributed by atoms with Crippen LogP contribution < -0.4 is 10.5 Å². The Labute approximate surface area is 189 Å². The summed E-state index contributed by atoms with van der Waals surface area (Å²) in [5, 5.41) is 9.65. The van der Waals surface area contributed by atoms with Gasteiger partial charge in [0.25, 0.3) is 0 Å². The largest absolute Gasteiger partial charge is 0.481 e. The maximum atomic E-state index is 13.2. The molecule has 0 radical (unpaired) electrons. The van der Waals surface area contributed by atoms with E-state index in [1.165, 1.54) is 12.1 Å². The van der Waals surface area contributed by atoms with Crippen LogP contribution >= 0.6 is 7.37 Å². The van der Waals surface area contributed by atoms with Crippen molar-refractivity contribution >= 4 is 29.0 Å². The lowest BCUT2D eigenvalue weighted by Crippen LogP contribution is -2.41. The quantitative estimate of drug-likeness (QED) is 0.268. The first-order chi connectivity index (χ1) is 14.9. The highest BCUT2D eigenvalue weighted by molar-refractivity contribution is 7.89. The number of nitrogens with one attached hydrogen (secondary N) is 1.